The van der Waals surface area contributed by atoms with E-state index in [1.165, 1.54) is 0 Å². The van der Waals surface area contributed by atoms with Crippen LogP contribution in [0.2, 0.25) is 0 Å². The monoisotopic (exact) mass is 292 g/mol. The first-order chi connectivity index (χ1) is 10.2. The lowest BCUT2D eigenvalue weighted by Gasteiger charge is -2.10. The van der Waals surface area contributed by atoms with Crippen molar-refractivity contribution in [3.05, 3.63) is 29.8 Å². The summed E-state index contributed by atoms with van der Waals surface area (Å²) in [6, 6.07) is 7.15. The van der Waals surface area contributed by atoms with Crippen LogP contribution in [0.5, 0.6) is 5.75 Å². The number of esters is 2. The van der Waals surface area contributed by atoms with Gasteiger partial charge in [0.1, 0.15) is 12.4 Å². The van der Waals surface area contributed by atoms with Gasteiger partial charge in [0.05, 0.1) is 0 Å². The van der Waals surface area contributed by atoms with Crippen LogP contribution in [0, 0.1) is 0 Å². The van der Waals surface area contributed by atoms with E-state index >= 15 is 0 Å². The molecule has 0 N–H and O–H groups in total. The minimum Gasteiger partial charge on any atom is -0.461 e. The van der Waals surface area contributed by atoms with Crippen molar-refractivity contribution < 1.29 is 19.1 Å². The van der Waals surface area contributed by atoms with E-state index in [1.807, 2.05) is 19.9 Å². The highest BCUT2D eigenvalue weighted by Crippen LogP contribution is 2.20. The Morgan fingerprint density at radius 2 is 1.57 bits per heavy atom. The largest absolute Gasteiger partial charge is 0.461 e. The molecule has 1 aromatic carbocycles. The van der Waals surface area contributed by atoms with Crippen molar-refractivity contribution >= 4 is 11.9 Å². The minimum absolute atomic E-state index is 0.139. The van der Waals surface area contributed by atoms with Crippen molar-refractivity contribution in [3.8, 4) is 5.75 Å². The second-order valence-corrected chi connectivity index (χ2v) is 4.95. The SMILES string of the molecule is CCCCC(=O)OCc1ccccc1OC(=O)CCCC. The van der Waals surface area contributed by atoms with E-state index in [0.717, 1.165) is 25.7 Å². The zero-order valence-electron chi connectivity index (χ0n) is 12.9. The number of hydrogen-bond acceptors (Lipinski definition) is 4. The maximum Gasteiger partial charge on any atom is 0.311 e. The summed E-state index contributed by atoms with van der Waals surface area (Å²) in [5.41, 5.74) is 0.715. The first-order valence-electron chi connectivity index (χ1n) is 7.61. The fraction of sp³-hybridized carbons (Fsp3) is 0.529. The van der Waals surface area contributed by atoms with Crippen LogP contribution in [0.1, 0.15) is 57.9 Å². The van der Waals surface area contributed by atoms with Gasteiger partial charge in [0.15, 0.2) is 0 Å². The second kappa shape index (κ2) is 9.97. The van der Waals surface area contributed by atoms with Crippen LogP contribution < -0.4 is 4.74 Å². The van der Waals surface area contributed by atoms with E-state index < -0.39 is 0 Å². The molecule has 0 radical (unpaired) electrons. The summed E-state index contributed by atoms with van der Waals surface area (Å²) in [4.78, 5) is 23.2. The Bertz CT molecular complexity index is 454. The first-order valence-corrected chi connectivity index (χ1v) is 7.61. The molecule has 0 unspecified atom stereocenters. The number of hydrogen-bond donors (Lipinski definition) is 0. The molecule has 21 heavy (non-hydrogen) atoms. The van der Waals surface area contributed by atoms with E-state index in [-0.39, 0.29) is 18.5 Å². The van der Waals surface area contributed by atoms with Gasteiger partial charge in [-0.25, -0.2) is 0 Å². The van der Waals surface area contributed by atoms with Crippen LogP contribution in [0.15, 0.2) is 24.3 Å². The van der Waals surface area contributed by atoms with Crippen molar-refractivity contribution in [1.29, 1.82) is 0 Å². The quantitative estimate of drug-likeness (QED) is 0.509. The maximum absolute atomic E-state index is 11.7. The third-order valence-electron chi connectivity index (χ3n) is 3.05. The fourth-order valence-corrected chi connectivity index (χ4v) is 1.77. The van der Waals surface area contributed by atoms with Crippen LogP contribution in [0.4, 0.5) is 0 Å². The zero-order valence-corrected chi connectivity index (χ0v) is 12.9. The van der Waals surface area contributed by atoms with E-state index in [0.29, 0.717) is 24.2 Å². The molecule has 4 heteroatoms. The van der Waals surface area contributed by atoms with E-state index in [9.17, 15) is 9.59 Å². The number of ether oxygens (including phenoxy) is 2. The van der Waals surface area contributed by atoms with Gasteiger partial charge in [-0.2, -0.15) is 0 Å². The molecule has 0 bridgehead atoms. The lowest BCUT2D eigenvalue weighted by Crippen LogP contribution is -2.10. The molecule has 0 aromatic heterocycles. The van der Waals surface area contributed by atoms with Gasteiger partial charge < -0.3 is 9.47 Å². The van der Waals surface area contributed by atoms with Crippen LogP contribution in [0.3, 0.4) is 0 Å². The number of rotatable bonds is 9. The first kappa shape index (κ1) is 17.2. The Kier molecular flexibility index (Phi) is 8.17. The molecule has 1 rings (SSSR count). The van der Waals surface area contributed by atoms with Gasteiger partial charge in [-0.15, -0.1) is 0 Å². The van der Waals surface area contributed by atoms with Crippen LogP contribution in [-0.2, 0) is 20.9 Å². The van der Waals surface area contributed by atoms with Crippen molar-refractivity contribution in [2.24, 2.45) is 0 Å². The molecular formula is C17H24O4. The van der Waals surface area contributed by atoms with Crippen LogP contribution in [0.25, 0.3) is 0 Å². The highest BCUT2D eigenvalue weighted by Gasteiger charge is 2.10. The molecule has 0 atom stereocenters. The van der Waals surface area contributed by atoms with Gasteiger partial charge >= 0.3 is 11.9 Å². The lowest BCUT2D eigenvalue weighted by molar-refractivity contribution is -0.145. The van der Waals surface area contributed by atoms with Gasteiger partial charge in [-0.05, 0) is 18.9 Å². The van der Waals surface area contributed by atoms with Gasteiger partial charge in [0.2, 0.25) is 0 Å². The summed E-state index contributed by atoms with van der Waals surface area (Å²) in [5.74, 6) is 0.00691. The Hall–Kier alpha value is -1.84. The van der Waals surface area contributed by atoms with Gasteiger partial charge in [-0.1, -0.05) is 44.9 Å². The Morgan fingerprint density at radius 1 is 0.952 bits per heavy atom. The van der Waals surface area contributed by atoms with E-state index in [1.54, 1.807) is 18.2 Å². The molecular weight excluding hydrogens is 268 g/mol. The Morgan fingerprint density at radius 3 is 2.24 bits per heavy atom. The number of unbranched alkanes of at least 4 members (excludes halogenated alkanes) is 2. The smallest absolute Gasteiger partial charge is 0.311 e. The minimum atomic E-state index is -0.249. The topological polar surface area (TPSA) is 52.6 Å². The number of para-hydroxylation sites is 1. The summed E-state index contributed by atoms with van der Waals surface area (Å²) in [6.07, 6.45) is 4.38. The van der Waals surface area contributed by atoms with Crippen molar-refractivity contribution in [2.45, 2.75) is 59.0 Å². The number of benzene rings is 1. The summed E-state index contributed by atoms with van der Waals surface area (Å²) < 4.78 is 10.5. The average Bonchev–Trinajstić information content (AvgIpc) is 2.50. The van der Waals surface area contributed by atoms with Gasteiger partial charge in [0.25, 0.3) is 0 Å². The average molecular weight is 292 g/mol. The predicted molar refractivity (Wildman–Crippen MR) is 80.9 cm³/mol. The van der Waals surface area contributed by atoms with E-state index in [2.05, 4.69) is 0 Å². The van der Waals surface area contributed by atoms with Gasteiger partial charge in [-0.3, -0.25) is 9.59 Å². The third kappa shape index (κ3) is 6.93. The molecule has 0 amide bonds. The summed E-state index contributed by atoms with van der Waals surface area (Å²) in [6.45, 7) is 4.19. The van der Waals surface area contributed by atoms with Crippen molar-refractivity contribution in [2.75, 3.05) is 0 Å². The molecule has 0 heterocycles. The molecule has 0 fully saturated rings. The molecule has 0 aliphatic heterocycles. The molecule has 0 aliphatic carbocycles. The molecule has 4 nitrogen and oxygen atoms in total. The standard InChI is InChI=1S/C17H24O4/c1-3-5-11-16(18)20-13-14-9-7-8-10-15(14)21-17(19)12-6-4-2/h7-10H,3-6,11-13H2,1-2H3. The molecule has 0 spiro atoms. The molecule has 0 saturated heterocycles. The Balaban J connectivity index is 2.54. The normalized spacial score (nSPS) is 10.2. The predicted octanol–water partition coefficient (Wildman–Crippen LogP) is 4.02. The highest BCUT2D eigenvalue weighted by molar-refractivity contribution is 5.73. The van der Waals surface area contributed by atoms with Crippen molar-refractivity contribution in [1.82, 2.24) is 0 Å². The summed E-state index contributed by atoms with van der Waals surface area (Å²) in [5, 5.41) is 0. The van der Waals surface area contributed by atoms with Crippen molar-refractivity contribution in [3.63, 3.8) is 0 Å². The van der Waals surface area contributed by atoms with Crippen LogP contribution >= 0.6 is 0 Å². The molecule has 1 aromatic rings. The molecule has 0 saturated carbocycles. The Labute approximate surface area is 126 Å². The lowest BCUT2D eigenvalue weighted by atomic mass is 10.2. The van der Waals surface area contributed by atoms with E-state index in [4.69, 9.17) is 9.47 Å². The number of carbonyl (C=O) groups excluding carboxylic acids is 2. The summed E-state index contributed by atoms with van der Waals surface area (Å²) >= 11 is 0. The number of carbonyl (C=O) groups is 2. The fourth-order valence-electron chi connectivity index (χ4n) is 1.77. The second-order valence-electron chi connectivity index (χ2n) is 4.95. The third-order valence-corrected chi connectivity index (χ3v) is 3.05. The zero-order chi connectivity index (χ0) is 15.5. The maximum atomic E-state index is 11.7. The highest BCUT2D eigenvalue weighted by atomic mass is 16.5. The summed E-state index contributed by atoms with van der Waals surface area (Å²) in [7, 11) is 0. The molecule has 0 aliphatic rings. The van der Waals surface area contributed by atoms with Gasteiger partial charge in [0, 0.05) is 18.4 Å². The van der Waals surface area contributed by atoms with Crippen LogP contribution in [-0.4, -0.2) is 11.9 Å². The molecule has 116 valence electrons.